The molecule has 0 atom stereocenters. The van der Waals surface area contributed by atoms with Gasteiger partial charge < -0.3 is 4.57 Å². The number of anilines is 1. The van der Waals surface area contributed by atoms with Gasteiger partial charge in [0, 0.05) is 24.2 Å². The minimum Gasteiger partial charge on any atom is -0.306 e. The first-order valence-corrected chi connectivity index (χ1v) is 11.9. The van der Waals surface area contributed by atoms with Gasteiger partial charge in [0.25, 0.3) is 0 Å². The second kappa shape index (κ2) is 9.23. The van der Waals surface area contributed by atoms with Gasteiger partial charge in [0.05, 0.1) is 12.0 Å². The highest BCUT2D eigenvalue weighted by Crippen LogP contribution is 2.21. The molecule has 0 unspecified atom stereocenters. The molecule has 0 saturated carbocycles. The molecule has 0 aliphatic rings. The summed E-state index contributed by atoms with van der Waals surface area (Å²) >= 11 is 1.35. The zero-order chi connectivity index (χ0) is 20.9. The zero-order valence-electron chi connectivity index (χ0n) is 16.2. The van der Waals surface area contributed by atoms with Crippen LogP contribution in [-0.2, 0) is 23.0 Å². The van der Waals surface area contributed by atoms with Gasteiger partial charge in [0.2, 0.25) is 10.0 Å². The quantitative estimate of drug-likeness (QED) is 0.414. The largest absolute Gasteiger partial charge is 0.306 e. The average Bonchev–Trinajstić information content (AvgIpc) is 3.07. The highest BCUT2D eigenvalue weighted by atomic mass is 32.2. The summed E-state index contributed by atoms with van der Waals surface area (Å²) in [4.78, 5) is 12.5. The Hall–Kier alpha value is -2.65. The molecule has 7 nitrogen and oxygen atoms in total. The van der Waals surface area contributed by atoms with E-state index in [1.54, 1.807) is 24.3 Å². The van der Waals surface area contributed by atoms with Crippen LogP contribution in [0.4, 0.5) is 5.69 Å². The molecule has 0 fully saturated rings. The molecule has 0 saturated heterocycles. The van der Waals surface area contributed by atoms with Crippen molar-refractivity contribution >= 4 is 33.3 Å². The third-order valence-electron chi connectivity index (χ3n) is 4.16. The zero-order valence-corrected chi connectivity index (χ0v) is 17.8. The Bertz CT molecular complexity index is 1080. The number of nitrogens with zero attached hydrogens (tertiary/aromatic N) is 3. The summed E-state index contributed by atoms with van der Waals surface area (Å²) in [6, 6.07) is 16.4. The summed E-state index contributed by atoms with van der Waals surface area (Å²) in [5, 5.41) is 9.25. The molecule has 0 amide bonds. The lowest BCUT2D eigenvalue weighted by atomic mass is 10.1. The molecule has 1 heterocycles. The highest BCUT2D eigenvalue weighted by molar-refractivity contribution is 7.99. The predicted octanol–water partition coefficient (Wildman–Crippen LogP) is 3.24. The van der Waals surface area contributed by atoms with Gasteiger partial charge in [-0.3, -0.25) is 9.52 Å². The molecule has 3 rings (SSSR count). The van der Waals surface area contributed by atoms with E-state index in [0.717, 1.165) is 24.2 Å². The molecule has 9 heteroatoms. The van der Waals surface area contributed by atoms with Gasteiger partial charge in [-0.25, -0.2) is 8.42 Å². The molecule has 0 aliphatic heterocycles. The third-order valence-corrected chi connectivity index (χ3v) is 5.73. The van der Waals surface area contributed by atoms with Crippen molar-refractivity contribution in [3.63, 3.8) is 0 Å². The number of rotatable bonds is 9. The molecular formula is C20H22N4O3S2. The normalized spacial score (nSPS) is 11.4. The van der Waals surface area contributed by atoms with Crippen LogP contribution in [0.2, 0.25) is 0 Å². The van der Waals surface area contributed by atoms with Gasteiger partial charge in [-0.05, 0) is 36.8 Å². The van der Waals surface area contributed by atoms with Gasteiger partial charge in [-0.2, -0.15) is 0 Å². The van der Waals surface area contributed by atoms with Crippen LogP contribution >= 0.6 is 11.8 Å². The monoisotopic (exact) mass is 430 g/mol. The van der Waals surface area contributed by atoms with Gasteiger partial charge >= 0.3 is 0 Å². The first-order valence-electron chi connectivity index (χ1n) is 9.05. The van der Waals surface area contributed by atoms with Crippen LogP contribution in [-0.4, -0.2) is 41.0 Å². The van der Waals surface area contributed by atoms with Crippen molar-refractivity contribution in [2.75, 3.05) is 16.7 Å². The number of thioether (sulfide) groups is 1. The lowest BCUT2D eigenvalue weighted by Crippen LogP contribution is -2.10. The molecule has 0 spiro atoms. The Balaban J connectivity index is 1.64. The summed E-state index contributed by atoms with van der Waals surface area (Å²) in [6.07, 6.45) is 1.77. The molecule has 3 aromatic rings. The van der Waals surface area contributed by atoms with E-state index in [1.807, 2.05) is 41.8 Å². The Morgan fingerprint density at radius 2 is 1.76 bits per heavy atom. The molecule has 152 valence electrons. The van der Waals surface area contributed by atoms with Crippen molar-refractivity contribution in [2.24, 2.45) is 0 Å². The number of carbonyl (C=O) groups is 1. The number of benzene rings is 2. The van der Waals surface area contributed by atoms with Crippen LogP contribution < -0.4 is 4.72 Å². The van der Waals surface area contributed by atoms with E-state index >= 15 is 0 Å². The number of nitrogens with one attached hydrogen (secondary N) is 1. The summed E-state index contributed by atoms with van der Waals surface area (Å²) < 4.78 is 26.9. The van der Waals surface area contributed by atoms with Crippen LogP contribution in [0.15, 0.2) is 59.8 Å². The number of aromatic nitrogens is 3. The average molecular weight is 431 g/mol. The van der Waals surface area contributed by atoms with Crippen molar-refractivity contribution in [3.8, 4) is 0 Å². The van der Waals surface area contributed by atoms with Crippen LogP contribution in [0.1, 0.15) is 28.7 Å². The van der Waals surface area contributed by atoms with E-state index in [0.29, 0.717) is 22.8 Å². The third kappa shape index (κ3) is 5.91. The Kier molecular flexibility index (Phi) is 6.71. The number of sulfonamides is 1. The highest BCUT2D eigenvalue weighted by Gasteiger charge is 2.14. The van der Waals surface area contributed by atoms with Gasteiger partial charge in [-0.1, -0.05) is 42.1 Å². The van der Waals surface area contributed by atoms with E-state index in [4.69, 9.17) is 0 Å². The molecule has 1 N–H and O–H groups in total. The second-order valence-electron chi connectivity index (χ2n) is 6.47. The van der Waals surface area contributed by atoms with Crippen molar-refractivity contribution in [2.45, 2.75) is 25.0 Å². The number of Topliss-reactive ketones (excluding diaryl/α,β-unsaturated/α-hetero) is 1. The maximum absolute atomic E-state index is 12.5. The lowest BCUT2D eigenvalue weighted by Gasteiger charge is -2.08. The number of hydrogen-bond donors (Lipinski definition) is 1. The molecule has 29 heavy (non-hydrogen) atoms. The molecule has 0 radical (unpaired) electrons. The van der Waals surface area contributed by atoms with Crippen molar-refractivity contribution in [3.05, 3.63) is 71.5 Å². The van der Waals surface area contributed by atoms with Gasteiger partial charge in [-0.15, -0.1) is 10.2 Å². The Morgan fingerprint density at radius 1 is 1.07 bits per heavy atom. The summed E-state index contributed by atoms with van der Waals surface area (Å²) in [5.74, 6) is 1.03. The van der Waals surface area contributed by atoms with E-state index in [2.05, 4.69) is 14.9 Å². The molecule has 0 bridgehead atoms. The van der Waals surface area contributed by atoms with E-state index in [1.165, 1.54) is 11.8 Å². The van der Waals surface area contributed by atoms with E-state index < -0.39 is 10.0 Å². The fourth-order valence-electron chi connectivity index (χ4n) is 2.80. The number of carbonyl (C=O) groups excluding carboxylic acids is 1. The Morgan fingerprint density at radius 3 is 2.38 bits per heavy atom. The van der Waals surface area contributed by atoms with Crippen molar-refractivity contribution in [1.29, 1.82) is 0 Å². The SMILES string of the molecule is CCn1c(Cc2ccccc2)nnc1SCC(=O)c1ccc(NS(C)(=O)=O)cc1. The van der Waals surface area contributed by atoms with E-state index in [9.17, 15) is 13.2 Å². The van der Waals surface area contributed by atoms with Gasteiger partial charge in [0.15, 0.2) is 10.9 Å². The second-order valence-corrected chi connectivity index (χ2v) is 9.16. The van der Waals surface area contributed by atoms with Gasteiger partial charge in [0.1, 0.15) is 5.82 Å². The molecule has 1 aromatic heterocycles. The first kappa shape index (κ1) is 21.1. The fraction of sp³-hybridized carbons (Fsp3) is 0.250. The maximum Gasteiger partial charge on any atom is 0.229 e. The molecule has 2 aromatic carbocycles. The fourth-order valence-corrected chi connectivity index (χ4v) is 4.28. The summed E-state index contributed by atoms with van der Waals surface area (Å²) in [7, 11) is -3.34. The lowest BCUT2D eigenvalue weighted by molar-refractivity contribution is 0.102. The predicted molar refractivity (Wildman–Crippen MR) is 115 cm³/mol. The standard InChI is InChI=1S/C20H22N4O3S2/c1-3-24-19(13-15-7-5-4-6-8-15)21-22-20(24)28-14-18(25)16-9-11-17(12-10-16)23-29(2,26)27/h4-12,23H,3,13-14H2,1-2H3. The minimum atomic E-state index is -3.34. The van der Waals surface area contributed by atoms with Crippen molar-refractivity contribution < 1.29 is 13.2 Å². The van der Waals surface area contributed by atoms with Crippen LogP contribution in [0.5, 0.6) is 0 Å². The number of hydrogen-bond acceptors (Lipinski definition) is 6. The summed E-state index contributed by atoms with van der Waals surface area (Å²) in [5.41, 5.74) is 2.10. The first-order chi connectivity index (χ1) is 13.9. The minimum absolute atomic E-state index is 0.0591. The maximum atomic E-state index is 12.5. The smallest absolute Gasteiger partial charge is 0.229 e. The van der Waals surface area contributed by atoms with Crippen molar-refractivity contribution in [1.82, 2.24) is 14.8 Å². The van der Waals surface area contributed by atoms with Crippen LogP contribution in [0.25, 0.3) is 0 Å². The van der Waals surface area contributed by atoms with Crippen LogP contribution in [0.3, 0.4) is 0 Å². The number of ketones is 1. The Labute approximate surface area is 174 Å². The molecule has 0 aliphatic carbocycles. The summed E-state index contributed by atoms with van der Waals surface area (Å²) in [6.45, 7) is 2.74. The van der Waals surface area contributed by atoms with E-state index in [-0.39, 0.29) is 11.5 Å². The molecular weight excluding hydrogens is 408 g/mol. The van der Waals surface area contributed by atoms with Crippen LogP contribution in [0, 0.1) is 0 Å². The topological polar surface area (TPSA) is 93.9 Å².